The lowest BCUT2D eigenvalue weighted by Crippen LogP contribution is -2.49. The summed E-state index contributed by atoms with van der Waals surface area (Å²) < 4.78 is 5.42. The van der Waals surface area contributed by atoms with Gasteiger partial charge in [-0.3, -0.25) is 0 Å². The molecule has 0 spiro atoms. The number of morpholine rings is 1. The Hall–Kier alpha value is -2.28. The molecule has 2 aromatic heterocycles. The lowest BCUT2D eigenvalue weighted by molar-refractivity contribution is -0.154. The third-order valence-electron chi connectivity index (χ3n) is 3.23. The van der Waals surface area contributed by atoms with Gasteiger partial charge in [-0.2, -0.15) is 0 Å². The van der Waals surface area contributed by atoms with E-state index in [1.165, 1.54) is 0 Å². The first-order valence-electron chi connectivity index (χ1n) is 6.34. The molecule has 7 nitrogen and oxygen atoms in total. The summed E-state index contributed by atoms with van der Waals surface area (Å²) in [6.45, 7) is 2.76. The summed E-state index contributed by atoms with van der Waals surface area (Å²) in [5.74, 6) is -0.953. The Bertz CT molecular complexity index is 643. The number of hydrogen-bond acceptors (Lipinski definition) is 6. The van der Waals surface area contributed by atoms with Gasteiger partial charge in [0.1, 0.15) is 5.52 Å². The number of anilines is 1. The predicted molar refractivity (Wildman–Crippen MR) is 71.5 cm³/mol. The van der Waals surface area contributed by atoms with Crippen molar-refractivity contribution in [1.82, 2.24) is 15.0 Å². The summed E-state index contributed by atoms with van der Waals surface area (Å²) in [5, 5.41) is 9.14. The van der Waals surface area contributed by atoms with E-state index in [1.807, 2.05) is 17.9 Å². The third kappa shape index (κ3) is 2.27. The molecule has 3 rings (SSSR count). The largest absolute Gasteiger partial charge is 0.479 e. The van der Waals surface area contributed by atoms with Gasteiger partial charge in [0.2, 0.25) is 0 Å². The fourth-order valence-corrected chi connectivity index (χ4v) is 2.40. The Morgan fingerprint density at radius 2 is 2.05 bits per heavy atom. The summed E-state index contributed by atoms with van der Waals surface area (Å²) in [6.07, 6.45) is 3.85. The number of rotatable bonds is 2. The van der Waals surface area contributed by atoms with Gasteiger partial charge in [0.25, 0.3) is 0 Å². The van der Waals surface area contributed by atoms with Crippen molar-refractivity contribution in [2.45, 2.75) is 19.1 Å². The van der Waals surface area contributed by atoms with Crippen molar-refractivity contribution in [2.24, 2.45) is 0 Å². The van der Waals surface area contributed by atoms with Gasteiger partial charge in [-0.05, 0) is 13.0 Å². The van der Waals surface area contributed by atoms with Crippen molar-refractivity contribution >= 4 is 22.8 Å². The van der Waals surface area contributed by atoms with Crippen LogP contribution in [0.25, 0.3) is 11.2 Å². The highest BCUT2D eigenvalue weighted by Gasteiger charge is 2.31. The van der Waals surface area contributed by atoms with Crippen molar-refractivity contribution in [3.05, 3.63) is 24.7 Å². The van der Waals surface area contributed by atoms with Gasteiger partial charge >= 0.3 is 5.97 Å². The summed E-state index contributed by atoms with van der Waals surface area (Å²) in [5.41, 5.74) is 2.06. The molecule has 1 fully saturated rings. The van der Waals surface area contributed by atoms with Crippen LogP contribution in [0.4, 0.5) is 5.69 Å². The molecule has 0 radical (unpaired) electrons. The molecule has 104 valence electrons. The van der Waals surface area contributed by atoms with E-state index in [-0.39, 0.29) is 12.6 Å². The molecule has 0 aromatic carbocycles. The SMILES string of the molecule is C[C@@H]1CN(c2ccnc3nccnc23)C[C@H](C(=O)O)O1. The van der Waals surface area contributed by atoms with Crippen LogP contribution < -0.4 is 4.90 Å². The molecule has 7 heteroatoms. The van der Waals surface area contributed by atoms with Crippen LogP contribution in [0.2, 0.25) is 0 Å². The first-order chi connectivity index (χ1) is 9.65. The van der Waals surface area contributed by atoms with Crippen LogP contribution in [0, 0.1) is 0 Å². The molecule has 2 atom stereocenters. The van der Waals surface area contributed by atoms with Gasteiger partial charge in [0.15, 0.2) is 11.8 Å². The molecule has 2 aromatic rings. The number of carboxylic acid groups (broad SMARTS) is 1. The maximum atomic E-state index is 11.1. The predicted octanol–water partition coefficient (Wildman–Crippen LogP) is 0.703. The lowest BCUT2D eigenvalue weighted by Gasteiger charge is -2.36. The van der Waals surface area contributed by atoms with Gasteiger partial charge in [-0.1, -0.05) is 0 Å². The molecule has 0 unspecified atom stereocenters. The quantitative estimate of drug-likeness (QED) is 0.862. The second-order valence-electron chi connectivity index (χ2n) is 4.74. The summed E-state index contributed by atoms with van der Waals surface area (Å²) in [4.78, 5) is 25.7. The van der Waals surface area contributed by atoms with E-state index < -0.39 is 12.1 Å². The molecule has 1 saturated heterocycles. The minimum Gasteiger partial charge on any atom is -0.479 e. The molecule has 0 saturated carbocycles. The monoisotopic (exact) mass is 274 g/mol. The van der Waals surface area contributed by atoms with Crippen molar-refractivity contribution in [3.8, 4) is 0 Å². The fraction of sp³-hybridized carbons (Fsp3) is 0.385. The number of carbonyl (C=O) groups is 1. The summed E-state index contributed by atoms with van der Waals surface area (Å²) in [6, 6.07) is 1.83. The van der Waals surface area contributed by atoms with Gasteiger partial charge in [-0.15, -0.1) is 0 Å². The van der Waals surface area contributed by atoms with Crippen LogP contribution in [-0.2, 0) is 9.53 Å². The van der Waals surface area contributed by atoms with Gasteiger partial charge in [0, 0.05) is 25.1 Å². The van der Waals surface area contributed by atoms with E-state index in [4.69, 9.17) is 9.84 Å². The first-order valence-corrected chi connectivity index (χ1v) is 6.34. The molecule has 3 heterocycles. The Kier molecular flexibility index (Phi) is 3.19. The molecule has 0 bridgehead atoms. The Morgan fingerprint density at radius 3 is 2.85 bits per heavy atom. The molecule has 1 aliphatic rings. The standard InChI is InChI=1S/C13H14N4O3/c1-8-6-17(7-10(20-8)13(18)19)9-2-3-15-12-11(9)14-4-5-16-12/h2-5,8,10H,6-7H2,1H3,(H,18,19)/t8-,10-/m1/s1. The Morgan fingerprint density at radius 1 is 1.30 bits per heavy atom. The number of nitrogens with zero attached hydrogens (tertiary/aromatic N) is 4. The topological polar surface area (TPSA) is 88.4 Å². The van der Waals surface area contributed by atoms with E-state index in [0.717, 1.165) is 5.69 Å². The van der Waals surface area contributed by atoms with E-state index >= 15 is 0 Å². The van der Waals surface area contributed by atoms with Crippen molar-refractivity contribution < 1.29 is 14.6 Å². The molecule has 1 aliphatic heterocycles. The zero-order chi connectivity index (χ0) is 14.1. The molecule has 1 N–H and O–H groups in total. The number of aromatic nitrogens is 3. The van der Waals surface area contributed by atoms with Crippen molar-refractivity contribution in [3.63, 3.8) is 0 Å². The van der Waals surface area contributed by atoms with Crippen LogP contribution in [0.15, 0.2) is 24.7 Å². The molecule has 0 aliphatic carbocycles. The van der Waals surface area contributed by atoms with E-state index in [0.29, 0.717) is 17.7 Å². The van der Waals surface area contributed by atoms with E-state index in [1.54, 1.807) is 18.6 Å². The smallest absolute Gasteiger partial charge is 0.334 e. The summed E-state index contributed by atoms with van der Waals surface area (Å²) >= 11 is 0. The van der Waals surface area contributed by atoms with Crippen LogP contribution in [0.1, 0.15) is 6.92 Å². The second-order valence-corrected chi connectivity index (χ2v) is 4.74. The highest BCUT2D eigenvalue weighted by molar-refractivity contribution is 5.85. The third-order valence-corrected chi connectivity index (χ3v) is 3.23. The number of fused-ring (bicyclic) bond motifs is 1. The first kappa shape index (κ1) is 12.7. The summed E-state index contributed by atoms with van der Waals surface area (Å²) in [7, 11) is 0. The van der Waals surface area contributed by atoms with Gasteiger partial charge < -0.3 is 14.7 Å². The fourth-order valence-electron chi connectivity index (χ4n) is 2.40. The maximum absolute atomic E-state index is 11.1. The van der Waals surface area contributed by atoms with Crippen LogP contribution in [0.5, 0.6) is 0 Å². The van der Waals surface area contributed by atoms with Crippen LogP contribution in [0.3, 0.4) is 0 Å². The number of carboxylic acids is 1. The Labute approximate surface area is 115 Å². The van der Waals surface area contributed by atoms with Crippen LogP contribution in [-0.4, -0.2) is 51.3 Å². The number of ether oxygens (including phenoxy) is 1. The number of hydrogen-bond donors (Lipinski definition) is 1. The zero-order valence-electron chi connectivity index (χ0n) is 10.9. The zero-order valence-corrected chi connectivity index (χ0v) is 10.9. The highest BCUT2D eigenvalue weighted by Crippen LogP contribution is 2.25. The van der Waals surface area contributed by atoms with Gasteiger partial charge in [-0.25, -0.2) is 19.7 Å². The minimum atomic E-state index is -0.953. The number of aliphatic carboxylic acids is 1. The van der Waals surface area contributed by atoms with Crippen molar-refractivity contribution in [1.29, 1.82) is 0 Å². The maximum Gasteiger partial charge on any atom is 0.334 e. The lowest BCUT2D eigenvalue weighted by atomic mass is 10.2. The second kappa shape index (κ2) is 5.01. The number of pyridine rings is 1. The van der Waals surface area contributed by atoms with E-state index in [9.17, 15) is 4.79 Å². The molecule has 20 heavy (non-hydrogen) atoms. The van der Waals surface area contributed by atoms with Crippen molar-refractivity contribution in [2.75, 3.05) is 18.0 Å². The Balaban J connectivity index is 1.99. The van der Waals surface area contributed by atoms with Gasteiger partial charge in [0.05, 0.1) is 18.3 Å². The molecular formula is C13H14N4O3. The molecular weight excluding hydrogens is 260 g/mol. The van der Waals surface area contributed by atoms with E-state index in [2.05, 4.69) is 15.0 Å². The highest BCUT2D eigenvalue weighted by atomic mass is 16.5. The minimum absolute atomic E-state index is 0.162. The average molecular weight is 274 g/mol. The average Bonchev–Trinajstić information content (AvgIpc) is 2.46. The van der Waals surface area contributed by atoms with Crippen LogP contribution >= 0.6 is 0 Å². The molecule has 0 amide bonds. The normalized spacial score (nSPS) is 22.9.